The average molecular weight is 380 g/mol. The molecule has 140 valence electrons. The number of benzene rings is 1. The van der Waals surface area contributed by atoms with Crippen molar-refractivity contribution in [3.63, 3.8) is 0 Å². The highest BCUT2D eigenvalue weighted by Gasteiger charge is 2.13. The lowest BCUT2D eigenvalue weighted by Crippen LogP contribution is -2.21. The Kier molecular flexibility index (Phi) is 5.36. The van der Waals surface area contributed by atoms with Crippen LogP contribution in [0.5, 0.6) is 0 Å². The molecule has 0 saturated carbocycles. The second-order valence-electron chi connectivity index (χ2n) is 6.17. The Hall–Kier alpha value is -3.73. The standard InChI is InChI=1S/C20H14F2N4O2/c1-26-19(28)5-4-17(25-26)18(27)9-15-3-2-12(11-24-15)6-13-7-14(10-23)20(22)16(21)8-13/h2-5,7-8,11H,6,9H2,1H3. The van der Waals surface area contributed by atoms with Gasteiger partial charge in [-0.25, -0.2) is 13.5 Å². The summed E-state index contributed by atoms with van der Waals surface area (Å²) < 4.78 is 28.0. The van der Waals surface area contributed by atoms with Crippen molar-refractivity contribution < 1.29 is 13.6 Å². The highest BCUT2D eigenvalue weighted by molar-refractivity contribution is 5.95. The number of aromatic nitrogens is 3. The van der Waals surface area contributed by atoms with E-state index in [1.165, 1.54) is 31.4 Å². The molecule has 0 bridgehead atoms. The Morgan fingerprint density at radius 1 is 1.18 bits per heavy atom. The lowest BCUT2D eigenvalue weighted by molar-refractivity contribution is 0.0985. The van der Waals surface area contributed by atoms with Crippen molar-refractivity contribution in [3.05, 3.63) is 92.7 Å². The Bertz CT molecular complexity index is 1150. The highest BCUT2D eigenvalue weighted by atomic mass is 19.2. The van der Waals surface area contributed by atoms with E-state index in [0.29, 0.717) is 16.8 Å². The maximum atomic E-state index is 13.5. The molecule has 8 heteroatoms. The number of Topliss-reactive ketones (excluding diaryl/α,β-unsaturated/α-hetero) is 1. The second kappa shape index (κ2) is 7.88. The predicted molar refractivity (Wildman–Crippen MR) is 95.6 cm³/mol. The van der Waals surface area contributed by atoms with Crippen molar-refractivity contribution in [2.75, 3.05) is 0 Å². The molecule has 3 aromatic rings. The minimum Gasteiger partial charge on any atom is -0.292 e. The highest BCUT2D eigenvalue weighted by Crippen LogP contribution is 2.17. The summed E-state index contributed by atoms with van der Waals surface area (Å²) in [5, 5.41) is 12.8. The van der Waals surface area contributed by atoms with Gasteiger partial charge in [0.1, 0.15) is 11.8 Å². The molecule has 0 N–H and O–H groups in total. The van der Waals surface area contributed by atoms with Crippen LogP contribution in [0, 0.1) is 23.0 Å². The van der Waals surface area contributed by atoms with Gasteiger partial charge in [-0.05, 0) is 41.8 Å². The zero-order chi connectivity index (χ0) is 20.3. The number of rotatable bonds is 5. The lowest BCUT2D eigenvalue weighted by atomic mass is 10.0. The fourth-order valence-electron chi connectivity index (χ4n) is 2.63. The first-order chi connectivity index (χ1) is 13.4. The van der Waals surface area contributed by atoms with E-state index in [1.54, 1.807) is 18.2 Å². The van der Waals surface area contributed by atoms with Crippen molar-refractivity contribution in [3.8, 4) is 6.07 Å². The Morgan fingerprint density at radius 2 is 1.96 bits per heavy atom. The molecule has 0 aliphatic rings. The van der Waals surface area contributed by atoms with Crippen LogP contribution in [0.3, 0.4) is 0 Å². The SMILES string of the molecule is Cn1nc(C(=O)Cc2ccc(Cc3cc(F)c(F)c(C#N)c3)cn2)ccc1=O. The van der Waals surface area contributed by atoms with Gasteiger partial charge in [-0.3, -0.25) is 14.6 Å². The third kappa shape index (κ3) is 4.15. The van der Waals surface area contributed by atoms with E-state index in [2.05, 4.69) is 10.1 Å². The van der Waals surface area contributed by atoms with Crippen molar-refractivity contribution in [1.82, 2.24) is 14.8 Å². The molecule has 3 rings (SSSR count). The summed E-state index contributed by atoms with van der Waals surface area (Å²) >= 11 is 0. The van der Waals surface area contributed by atoms with Crippen LogP contribution in [-0.2, 0) is 19.9 Å². The molecular formula is C20H14F2N4O2. The molecule has 0 amide bonds. The molecule has 0 fully saturated rings. The van der Waals surface area contributed by atoms with E-state index in [-0.39, 0.29) is 35.4 Å². The molecule has 0 aliphatic heterocycles. The van der Waals surface area contributed by atoms with E-state index in [4.69, 9.17) is 5.26 Å². The van der Waals surface area contributed by atoms with Gasteiger partial charge in [0.2, 0.25) is 0 Å². The smallest absolute Gasteiger partial charge is 0.266 e. The largest absolute Gasteiger partial charge is 0.292 e. The molecule has 6 nitrogen and oxygen atoms in total. The molecule has 2 aromatic heterocycles. The maximum Gasteiger partial charge on any atom is 0.266 e. The normalized spacial score (nSPS) is 10.5. The first-order valence-electron chi connectivity index (χ1n) is 8.27. The third-order valence-electron chi connectivity index (χ3n) is 4.09. The van der Waals surface area contributed by atoms with Crippen LogP contribution in [0.2, 0.25) is 0 Å². The number of halogens is 2. The van der Waals surface area contributed by atoms with Gasteiger partial charge in [0.15, 0.2) is 17.4 Å². The molecule has 0 aliphatic carbocycles. The number of carbonyl (C=O) groups is 1. The van der Waals surface area contributed by atoms with Gasteiger partial charge < -0.3 is 0 Å². The van der Waals surface area contributed by atoms with Crippen LogP contribution >= 0.6 is 0 Å². The summed E-state index contributed by atoms with van der Waals surface area (Å²) in [6, 6.07) is 9.97. The Labute approximate surface area is 158 Å². The number of nitriles is 1. The van der Waals surface area contributed by atoms with E-state index >= 15 is 0 Å². The van der Waals surface area contributed by atoms with Gasteiger partial charge >= 0.3 is 0 Å². The predicted octanol–water partition coefficient (Wildman–Crippen LogP) is 2.34. The number of hydrogen-bond acceptors (Lipinski definition) is 5. The van der Waals surface area contributed by atoms with Crippen molar-refractivity contribution in [2.45, 2.75) is 12.8 Å². The number of carbonyl (C=O) groups excluding carboxylic acids is 1. The molecule has 0 saturated heterocycles. The lowest BCUT2D eigenvalue weighted by Gasteiger charge is -2.06. The van der Waals surface area contributed by atoms with E-state index in [1.807, 2.05) is 0 Å². The van der Waals surface area contributed by atoms with E-state index in [0.717, 1.165) is 10.7 Å². The fourth-order valence-corrected chi connectivity index (χ4v) is 2.63. The maximum absolute atomic E-state index is 13.5. The van der Waals surface area contributed by atoms with Gasteiger partial charge in [-0.2, -0.15) is 10.4 Å². The van der Waals surface area contributed by atoms with Crippen molar-refractivity contribution in [1.29, 1.82) is 5.26 Å². The number of nitrogens with zero attached hydrogens (tertiary/aromatic N) is 4. The summed E-state index contributed by atoms with van der Waals surface area (Å²) in [6.07, 6.45) is 1.80. The summed E-state index contributed by atoms with van der Waals surface area (Å²) in [5.74, 6) is -2.52. The van der Waals surface area contributed by atoms with Crippen LogP contribution in [-0.4, -0.2) is 20.5 Å². The molecule has 0 atom stereocenters. The zero-order valence-corrected chi connectivity index (χ0v) is 14.8. The first kappa shape index (κ1) is 19.0. The van der Waals surface area contributed by atoms with Crippen LogP contribution in [0.1, 0.15) is 32.9 Å². The minimum atomic E-state index is -1.16. The monoisotopic (exact) mass is 380 g/mol. The second-order valence-corrected chi connectivity index (χ2v) is 6.17. The molecule has 2 heterocycles. The van der Waals surface area contributed by atoms with Crippen LogP contribution in [0.15, 0.2) is 47.4 Å². The Morgan fingerprint density at radius 3 is 2.61 bits per heavy atom. The summed E-state index contributed by atoms with van der Waals surface area (Å²) in [6.45, 7) is 0. The molecular weight excluding hydrogens is 366 g/mol. The average Bonchev–Trinajstić information content (AvgIpc) is 2.68. The molecule has 28 heavy (non-hydrogen) atoms. The topological polar surface area (TPSA) is 88.6 Å². The number of hydrogen-bond donors (Lipinski definition) is 0. The zero-order valence-electron chi connectivity index (χ0n) is 14.8. The summed E-state index contributed by atoms with van der Waals surface area (Å²) in [4.78, 5) is 27.8. The van der Waals surface area contributed by atoms with Gasteiger partial charge in [0.05, 0.1) is 12.0 Å². The van der Waals surface area contributed by atoms with Crippen LogP contribution in [0.4, 0.5) is 8.78 Å². The summed E-state index contributed by atoms with van der Waals surface area (Å²) in [7, 11) is 1.46. The number of aryl methyl sites for hydroxylation is 1. The van der Waals surface area contributed by atoms with Gasteiger partial charge in [-0.15, -0.1) is 0 Å². The molecule has 0 spiro atoms. The van der Waals surface area contributed by atoms with Crippen molar-refractivity contribution in [2.24, 2.45) is 7.05 Å². The van der Waals surface area contributed by atoms with Crippen molar-refractivity contribution >= 4 is 5.78 Å². The molecule has 0 radical (unpaired) electrons. The Balaban J connectivity index is 1.72. The van der Waals surface area contributed by atoms with Gasteiger partial charge in [-0.1, -0.05) is 6.07 Å². The number of ketones is 1. The number of pyridine rings is 1. The quantitative estimate of drug-likeness (QED) is 0.634. The summed E-state index contributed by atoms with van der Waals surface area (Å²) in [5.41, 5.74) is 1.17. The van der Waals surface area contributed by atoms with E-state index < -0.39 is 11.6 Å². The van der Waals surface area contributed by atoms with Gasteiger partial charge in [0.25, 0.3) is 5.56 Å². The van der Waals surface area contributed by atoms with Gasteiger partial charge in [0, 0.05) is 25.0 Å². The first-order valence-corrected chi connectivity index (χ1v) is 8.27. The third-order valence-corrected chi connectivity index (χ3v) is 4.09. The fraction of sp³-hybridized carbons (Fsp3) is 0.150. The van der Waals surface area contributed by atoms with Crippen LogP contribution < -0.4 is 5.56 Å². The minimum absolute atomic E-state index is 0.00917. The molecule has 1 aromatic carbocycles. The van der Waals surface area contributed by atoms with E-state index in [9.17, 15) is 18.4 Å². The van der Waals surface area contributed by atoms with Crippen LogP contribution in [0.25, 0.3) is 0 Å². The molecule has 0 unspecified atom stereocenters.